The summed E-state index contributed by atoms with van der Waals surface area (Å²) < 4.78 is 12.3. The Balaban J connectivity index is 1.78. The number of hydrogen-bond acceptors (Lipinski definition) is 6. The van der Waals surface area contributed by atoms with Gasteiger partial charge in [0.2, 0.25) is 5.89 Å². The van der Waals surface area contributed by atoms with Crippen molar-refractivity contribution in [2.45, 2.75) is 59.4 Å². The maximum atomic E-state index is 13.2. The van der Waals surface area contributed by atoms with Gasteiger partial charge in [0, 0.05) is 0 Å². The van der Waals surface area contributed by atoms with Crippen LogP contribution in [0, 0.1) is 11.8 Å². The van der Waals surface area contributed by atoms with E-state index in [-0.39, 0.29) is 17.7 Å². The quantitative estimate of drug-likeness (QED) is 0.442. The monoisotopic (exact) mass is 467 g/mol. The highest BCUT2D eigenvalue weighted by Crippen LogP contribution is 2.23. The molecule has 0 spiro atoms. The summed E-state index contributed by atoms with van der Waals surface area (Å²) in [6.07, 6.45) is -0.814. The molecule has 2 N–H and O–H groups in total. The van der Waals surface area contributed by atoms with E-state index in [1.165, 1.54) is 4.68 Å². The Morgan fingerprint density at radius 1 is 1.06 bits per heavy atom. The number of amides is 1. The Labute approximate surface area is 199 Å². The molecule has 0 aliphatic carbocycles. The maximum absolute atomic E-state index is 13.2. The Morgan fingerprint density at radius 3 is 2.41 bits per heavy atom. The largest absolute Gasteiger partial charge is 0.488 e. The van der Waals surface area contributed by atoms with E-state index in [0.29, 0.717) is 30.9 Å². The summed E-state index contributed by atoms with van der Waals surface area (Å²) in [6.45, 7) is 8.57. The van der Waals surface area contributed by atoms with Crippen molar-refractivity contribution in [2.75, 3.05) is 0 Å². The lowest BCUT2D eigenvalue weighted by Gasteiger charge is -2.24. The molecule has 3 rings (SSSR count). The van der Waals surface area contributed by atoms with E-state index < -0.39 is 23.8 Å². The molecule has 8 nitrogen and oxygen atoms in total. The molecule has 34 heavy (non-hydrogen) atoms. The van der Waals surface area contributed by atoms with Crippen molar-refractivity contribution in [1.82, 2.24) is 15.1 Å². The zero-order chi connectivity index (χ0) is 24.7. The number of hydrogen-bond donors (Lipinski definition) is 2. The molecule has 2 unspecified atom stereocenters. The number of aliphatic hydroxyl groups excluding tert-OH is 1. The van der Waals surface area contributed by atoms with Crippen LogP contribution in [0.15, 0.2) is 63.8 Å². The number of benzene rings is 2. The van der Waals surface area contributed by atoms with Crippen LogP contribution in [0.2, 0.25) is 0 Å². The minimum atomic E-state index is -1.27. The second kappa shape index (κ2) is 11.7. The number of carbonyl (C=O) groups is 1. The molecule has 0 aliphatic heterocycles. The average Bonchev–Trinajstić information content (AvgIpc) is 3.16. The first-order valence-corrected chi connectivity index (χ1v) is 11.6. The smallest absolute Gasteiger partial charge is 0.437 e. The van der Waals surface area contributed by atoms with Gasteiger partial charge >= 0.3 is 5.76 Å². The Kier molecular flexibility index (Phi) is 8.65. The number of nitrogens with one attached hydrogen (secondary N) is 1. The summed E-state index contributed by atoms with van der Waals surface area (Å²) in [4.78, 5) is 25.3. The predicted octanol–water partition coefficient (Wildman–Crippen LogP) is 3.95. The first-order chi connectivity index (χ1) is 16.2. The lowest BCUT2D eigenvalue weighted by molar-refractivity contribution is 0.0707. The third kappa shape index (κ3) is 6.81. The van der Waals surface area contributed by atoms with Gasteiger partial charge < -0.3 is 19.6 Å². The standard InChI is InChI=1S/C26H33N3O5/c1-17(2)14-21(23(30)25-28-29(15-18(3)4)26(32)34-25)27-24(31)20-12-8-9-13-22(20)33-16-19-10-6-5-7-11-19/h5-13,17-18,21,23,30H,14-16H2,1-4H3,(H,27,31). The normalized spacial score (nSPS) is 13.1. The van der Waals surface area contributed by atoms with Crippen LogP contribution in [0.5, 0.6) is 5.75 Å². The van der Waals surface area contributed by atoms with Gasteiger partial charge in [-0.2, -0.15) is 4.68 Å². The molecule has 1 amide bonds. The van der Waals surface area contributed by atoms with E-state index in [9.17, 15) is 14.7 Å². The van der Waals surface area contributed by atoms with Crippen LogP contribution in [0.3, 0.4) is 0 Å². The Hall–Kier alpha value is -3.39. The summed E-state index contributed by atoms with van der Waals surface area (Å²) >= 11 is 0. The highest BCUT2D eigenvalue weighted by molar-refractivity contribution is 5.97. The first kappa shape index (κ1) is 25.2. The summed E-state index contributed by atoms with van der Waals surface area (Å²) in [5.74, 6) is -0.339. The van der Waals surface area contributed by atoms with E-state index in [4.69, 9.17) is 9.15 Å². The number of ether oxygens (including phenoxy) is 1. The lowest BCUT2D eigenvalue weighted by atomic mass is 9.98. The van der Waals surface area contributed by atoms with Gasteiger partial charge in [-0.1, -0.05) is 70.2 Å². The van der Waals surface area contributed by atoms with Gasteiger partial charge in [0.25, 0.3) is 5.91 Å². The number of carbonyl (C=O) groups excluding carboxylic acids is 1. The number of para-hydroxylation sites is 1. The lowest BCUT2D eigenvalue weighted by Crippen LogP contribution is -2.40. The fraction of sp³-hybridized carbons (Fsp3) is 0.423. The molecule has 182 valence electrons. The van der Waals surface area contributed by atoms with Gasteiger partial charge in [-0.15, -0.1) is 5.10 Å². The van der Waals surface area contributed by atoms with Gasteiger partial charge in [-0.05, 0) is 36.0 Å². The molecule has 1 heterocycles. The molecule has 3 aromatic rings. The molecular formula is C26H33N3O5. The minimum Gasteiger partial charge on any atom is -0.488 e. The predicted molar refractivity (Wildman–Crippen MR) is 128 cm³/mol. The molecule has 2 aromatic carbocycles. The number of aromatic nitrogens is 2. The van der Waals surface area contributed by atoms with E-state index in [2.05, 4.69) is 10.4 Å². The Bertz CT molecular complexity index is 1120. The van der Waals surface area contributed by atoms with Crippen LogP contribution in [0.25, 0.3) is 0 Å². The van der Waals surface area contributed by atoms with Crippen LogP contribution in [-0.4, -0.2) is 26.8 Å². The molecule has 0 fully saturated rings. The zero-order valence-corrected chi connectivity index (χ0v) is 20.1. The fourth-order valence-electron chi connectivity index (χ4n) is 3.61. The van der Waals surface area contributed by atoms with Crippen molar-refractivity contribution in [2.24, 2.45) is 11.8 Å². The highest BCUT2D eigenvalue weighted by Gasteiger charge is 2.30. The van der Waals surface area contributed by atoms with Crippen LogP contribution < -0.4 is 15.8 Å². The molecule has 0 saturated heterocycles. The van der Waals surface area contributed by atoms with Crippen molar-refractivity contribution in [1.29, 1.82) is 0 Å². The summed E-state index contributed by atoms with van der Waals surface area (Å²) in [6, 6.07) is 15.9. The minimum absolute atomic E-state index is 0.106. The second-order valence-corrected chi connectivity index (χ2v) is 9.21. The molecule has 0 bridgehead atoms. The SMILES string of the molecule is CC(C)CC(NC(=O)c1ccccc1OCc1ccccc1)C(O)c1nn(CC(C)C)c(=O)o1. The number of nitrogens with zero attached hydrogens (tertiary/aromatic N) is 2. The second-order valence-electron chi connectivity index (χ2n) is 9.21. The highest BCUT2D eigenvalue weighted by atomic mass is 16.5. The molecule has 0 aliphatic rings. The van der Waals surface area contributed by atoms with E-state index in [1.807, 2.05) is 58.0 Å². The average molecular weight is 468 g/mol. The number of aliphatic hydroxyl groups is 1. The molecule has 0 radical (unpaired) electrons. The first-order valence-electron chi connectivity index (χ1n) is 11.6. The van der Waals surface area contributed by atoms with Gasteiger partial charge in [-0.25, -0.2) is 4.79 Å². The topological polar surface area (TPSA) is 107 Å². The fourth-order valence-corrected chi connectivity index (χ4v) is 3.61. The number of rotatable bonds is 11. The van der Waals surface area contributed by atoms with Gasteiger partial charge in [0.15, 0.2) is 6.10 Å². The molecule has 0 saturated carbocycles. The van der Waals surface area contributed by atoms with Crippen molar-refractivity contribution in [3.05, 3.63) is 82.2 Å². The Morgan fingerprint density at radius 2 is 1.74 bits per heavy atom. The van der Waals surface area contributed by atoms with Crippen molar-refractivity contribution < 1.29 is 19.1 Å². The van der Waals surface area contributed by atoms with Crippen molar-refractivity contribution in [3.8, 4) is 5.75 Å². The van der Waals surface area contributed by atoms with Crippen LogP contribution in [0.1, 0.15) is 62.0 Å². The summed E-state index contributed by atoms with van der Waals surface area (Å²) in [5.41, 5.74) is 1.34. The maximum Gasteiger partial charge on any atom is 0.437 e. The van der Waals surface area contributed by atoms with Crippen LogP contribution in [0.4, 0.5) is 0 Å². The third-order valence-corrected chi connectivity index (χ3v) is 5.20. The summed E-state index contributed by atoms with van der Waals surface area (Å²) in [5, 5.41) is 18.0. The van der Waals surface area contributed by atoms with Crippen LogP contribution in [-0.2, 0) is 13.2 Å². The van der Waals surface area contributed by atoms with Crippen LogP contribution >= 0.6 is 0 Å². The summed E-state index contributed by atoms with van der Waals surface area (Å²) in [7, 11) is 0. The van der Waals surface area contributed by atoms with Gasteiger partial charge in [0.1, 0.15) is 12.4 Å². The zero-order valence-electron chi connectivity index (χ0n) is 20.1. The molecular weight excluding hydrogens is 434 g/mol. The van der Waals surface area contributed by atoms with Gasteiger partial charge in [0.05, 0.1) is 18.2 Å². The molecule has 2 atom stereocenters. The van der Waals surface area contributed by atoms with E-state index >= 15 is 0 Å². The van der Waals surface area contributed by atoms with Gasteiger partial charge in [-0.3, -0.25) is 4.79 Å². The van der Waals surface area contributed by atoms with E-state index in [1.54, 1.807) is 24.3 Å². The molecule has 8 heteroatoms. The van der Waals surface area contributed by atoms with Crippen molar-refractivity contribution >= 4 is 5.91 Å². The molecule has 1 aromatic heterocycles. The van der Waals surface area contributed by atoms with Crippen molar-refractivity contribution in [3.63, 3.8) is 0 Å². The third-order valence-electron chi connectivity index (χ3n) is 5.20. The van der Waals surface area contributed by atoms with E-state index in [0.717, 1.165) is 5.56 Å².